The summed E-state index contributed by atoms with van der Waals surface area (Å²) in [5, 5.41) is 0. The minimum atomic E-state index is 0.653. The summed E-state index contributed by atoms with van der Waals surface area (Å²) in [6.07, 6.45) is 12.9. The maximum absolute atomic E-state index is 5.65. The molecule has 0 saturated heterocycles. The fourth-order valence-electron chi connectivity index (χ4n) is 2.92. The normalized spacial score (nSPS) is 23.9. The Labute approximate surface area is 122 Å². The van der Waals surface area contributed by atoms with Crippen LogP contribution in [0.2, 0.25) is 0 Å². The Morgan fingerprint density at radius 3 is 2.63 bits per heavy atom. The zero-order valence-electron chi connectivity index (χ0n) is 11.8. The molecular weight excluding hydrogens is 254 g/mol. The van der Waals surface area contributed by atoms with Gasteiger partial charge in [0.2, 0.25) is 0 Å². The predicted molar refractivity (Wildman–Crippen MR) is 82.5 cm³/mol. The van der Waals surface area contributed by atoms with E-state index in [9.17, 15) is 0 Å². The van der Waals surface area contributed by atoms with Gasteiger partial charge < -0.3 is 0 Å². The standard InChI is InChI=1S/C17H24ClN/c1-2-3-4-15-7-10-17(19-13-15)16-8-5-14(6-9-16)11-12-18/h7,10-14,16H,2-6,8-9H2,1H3/b12-11+. The van der Waals surface area contributed by atoms with Crippen molar-refractivity contribution in [3.63, 3.8) is 0 Å². The fourth-order valence-corrected chi connectivity index (χ4v) is 3.12. The van der Waals surface area contributed by atoms with Gasteiger partial charge in [-0.25, -0.2) is 0 Å². The average molecular weight is 278 g/mol. The van der Waals surface area contributed by atoms with E-state index < -0.39 is 0 Å². The molecule has 0 amide bonds. The van der Waals surface area contributed by atoms with Crippen LogP contribution in [0.4, 0.5) is 0 Å². The van der Waals surface area contributed by atoms with Gasteiger partial charge in [-0.05, 0) is 56.1 Å². The molecule has 0 atom stereocenters. The summed E-state index contributed by atoms with van der Waals surface area (Å²) in [5.74, 6) is 1.33. The molecule has 0 spiro atoms. The molecule has 0 unspecified atom stereocenters. The number of hydrogen-bond donors (Lipinski definition) is 0. The second kappa shape index (κ2) is 7.69. The molecule has 104 valence electrons. The number of nitrogens with zero attached hydrogens (tertiary/aromatic N) is 1. The van der Waals surface area contributed by atoms with Crippen LogP contribution in [-0.4, -0.2) is 4.98 Å². The Kier molecular flexibility index (Phi) is 5.91. The molecule has 19 heavy (non-hydrogen) atoms. The Morgan fingerprint density at radius 1 is 1.26 bits per heavy atom. The first kappa shape index (κ1) is 14.6. The van der Waals surface area contributed by atoms with E-state index in [1.807, 2.05) is 0 Å². The zero-order valence-corrected chi connectivity index (χ0v) is 12.6. The molecule has 1 saturated carbocycles. The van der Waals surface area contributed by atoms with Gasteiger partial charge in [0.25, 0.3) is 0 Å². The van der Waals surface area contributed by atoms with Crippen LogP contribution >= 0.6 is 11.6 Å². The Hall–Kier alpha value is -0.820. The maximum atomic E-state index is 5.65. The second-order valence-corrected chi connectivity index (χ2v) is 5.88. The van der Waals surface area contributed by atoms with Crippen molar-refractivity contribution in [3.8, 4) is 0 Å². The zero-order chi connectivity index (χ0) is 13.5. The first-order valence-corrected chi connectivity index (χ1v) is 7.98. The van der Waals surface area contributed by atoms with E-state index in [0.29, 0.717) is 11.8 Å². The number of pyridine rings is 1. The largest absolute Gasteiger partial charge is 0.261 e. The van der Waals surface area contributed by atoms with E-state index in [-0.39, 0.29) is 0 Å². The van der Waals surface area contributed by atoms with Crippen molar-refractivity contribution in [2.75, 3.05) is 0 Å². The molecule has 0 bridgehead atoms. The van der Waals surface area contributed by atoms with Crippen LogP contribution in [0.5, 0.6) is 0 Å². The molecule has 2 rings (SSSR count). The van der Waals surface area contributed by atoms with Crippen molar-refractivity contribution in [2.24, 2.45) is 5.92 Å². The molecule has 0 radical (unpaired) electrons. The molecule has 1 aromatic heterocycles. The van der Waals surface area contributed by atoms with Gasteiger partial charge in [-0.1, -0.05) is 37.1 Å². The van der Waals surface area contributed by atoms with Gasteiger partial charge >= 0.3 is 0 Å². The Bertz CT molecular complexity index is 388. The van der Waals surface area contributed by atoms with Crippen molar-refractivity contribution in [2.45, 2.75) is 57.8 Å². The highest BCUT2D eigenvalue weighted by atomic mass is 35.5. The summed E-state index contributed by atoms with van der Waals surface area (Å²) >= 11 is 5.65. The molecule has 1 aromatic rings. The monoisotopic (exact) mass is 277 g/mol. The van der Waals surface area contributed by atoms with Crippen LogP contribution in [-0.2, 0) is 6.42 Å². The number of allylic oxidation sites excluding steroid dienone is 1. The third-order valence-electron chi connectivity index (χ3n) is 4.20. The highest BCUT2D eigenvalue weighted by Crippen LogP contribution is 2.35. The van der Waals surface area contributed by atoms with E-state index in [1.54, 1.807) is 5.54 Å². The van der Waals surface area contributed by atoms with Crippen LogP contribution in [0.15, 0.2) is 29.9 Å². The summed E-state index contributed by atoms with van der Waals surface area (Å²) in [6, 6.07) is 4.51. The van der Waals surface area contributed by atoms with Crippen molar-refractivity contribution in [1.29, 1.82) is 0 Å². The highest BCUT2D eigenvalue weighted by molar-refractivity contribution is 6.25. The van der Waals surface area contributed by atoms with Crippen molar-refractivity contribution >= 4 is 11.6 Å². The number of halogens is 1. The summed E-state index contributed by atoms with van der Waals surface area (Å²) in [5.41, 5.74) is 4.34. The fraction of sp³-hybridized carbons (Fsp3) is 0.588. The molecule has 0 N–H and O–H groups in total. The summed E-state index contributed by atoms with van der Waals surface area (Å²) in [4.78, 5) is 4.68. The number of hydrogen-bond acceptors (Lipinski definition) is 1. The molecule has 0 aromatic carbocycles. The molecule has 0 aliphatic heterocycles. The Morgan fingerprint density at radius 2 is 2.05 bits per heavy atom. The first-order chi connectivity index (χ1) is 9.33. The van der Waals surface area contributed by atoms with E-state index in [0.717, 1.165) is 6.42 Å². The first-order valence-electron chi connectivity index (χ1n) is 7.55. The average Bonchev–Trinajstić information content (AvgIpc) is 2.47. The van der Waals surface area contributed by atoms with Crippen LogP contribution in [0.25, 0.3) is 0 Å². The van der Waals surface area contributed by atoms with Gasteiger partial charge in [-0.15, -0.1) is 0 Å². The quantitative estimate of drug-likeness (QED) is 0.697. The molecule has 1 aliphatic carbocycles. The number of aromatic nitrogens is 1. The molecular formula is C17H24ClN. The topological polar surface area (TPSA) is 12.9 Å². The third kappa shape index (κ3) is 4.35. The van der Waals surface area contributed by atoms with E-state index in [2.05, 4.69) is 36.3 Å². The lowest BCUT2D eigenvalue weighted by Crippen LogP contribution is -2.12. The smallest absolute Gasteiger partial charge is 0.0434 e. The molecule has 1 aliphatic rings. The van der Waals surface area contributed by atoms with Gasteiger partial charge in [0.15, 0.2) is 0 Å². The molecule has 1 nitrogen and oxygen atoms in total. The lowest BCUT2D eigenvalue weighted by molar-refractivity contribution is 0.371. The number of unbranched alkanes of at least 4 members (excludes halogenated alkanes) is 1. The summed E-state index contributed by atoms with van der Waals surface area (Å²) in [7, 11) is 0. The molecule has 2 heteroatoms. The summed E-state index contributed by atoms with van der Waals surface area (Å²) in [6.45, 7) is 2.23. The van der Waals surface area contributed by atoms with Crippen LogP contribution in [0.3, 0.4) is 0 Å². The lowest BCUT2D eigenvalue weighted by Gasteiger charge is -2.26. The predicted octanol–water partition coefficient (Wildman–Crippen LogP) is 5.45. The van der Waals surface area contributed by atoms with Gasteiger partial charge in [0.05, 0.1) is 0 Å². The Balaban J connectivity index is 1.89. The van der Waals surface area contributed by atoms with Crippen LogP contribution < -0.4 is 0 Å². The van der Waals surface area contributed by atoms with E-state index >= 15 is 0 Å². The highest BCUT2D eigenvalue weighted by Gasteiger charge is 2.21. The van der Waals surface area contributed by atoms with Crippen LogP contribution in [0.1, 0.15) is 62.6 Å². The second-order valence-electron chi connectivity index (χ2n) is 5.63. The SMILES string of the molecule is CCCCc1ccc(C2CCC(/C=C/Cl)CC2)nc1. The van der Waals surface area contributed by atoms with Gasteiger partial charge in [-0.2, -0.15) is 0 Å². The molecule has 1 fully saturated rings. The minimum absolute atomic E-state index is 0.653. The minimum Gasteiger partial charge on any atom is -0.261 e. The molecule has 1 heterocycles. The van der Waals surface area contributed by atoms with E-state index in [4.69, 9.17) is 11.6 Å². The van der Waals surface area contributed by atoms with Gasteiger partial charge in [-0.3, -0.25) is 4.98 Å². The van der Waals surface area contributed by atoms with Gasteiger partial charge in [0, 0.05) is 23.3 Å². The number of rotatable bonds is 5. The third-order valence-corrected chi connectivity index (χ3v) is 4.35. The van der Waals surface area contributed by atoms with Crippen molar-refractivity contribution in [3.05, 3.63) is 41.2 Å². The van der Waals surface area contributed by atoms with Crippen molar-refractivity contribution < 1.29 is 0 Å². The summed E-state index contributed by atoms with van der Waals surface area (Å²) < 4.78 is 0. The maximum Gasteiger partial charge on any atom is 0.0434 e. The van der Waals surface area contributed by atoms with Crippen molar-refractivity contribution in [1.82, 2.24) is 4.98 Å². The van der Waals surface area contributed by atoms with Crippen LogP contribution in [0, 0.1) is 5.92 Å². The number of aryl methyl sites for hydroxylation is 1. The van der Waals surface area contributed by atoms with E-state index in [1.165, 1.54) is 49.8 Å². The lowest BCUT2D eigenvalue weighted by atomic mass is 9.80. The van der Waals surface area contributed by atoms with Gasteiger partial charge in [0.1, 0.15) is 0 Å².